The number of hydrogen-bond donors (Lipinski definition) is 0. The van der Waals surface area contributed by atoms with Crippen LogP contribution in [0.4, 0.5) is 5.13 Å². The Morgan fingerprint density at radius 2 is 1.70 bits per heavy atom. The molecule has 1 aromatic heterocycles. The summed E-state index contributed by atoms with van der Waals surface area (Å²) in [6.07, 6.45) is 0.443. The lowest BCUT2D eigenvalue weighted by molar-refractivity contribution is -0.118. The molecule has 178 valence electrons. The molecule has 0 aliphatic rings. The topological polar surface area (TPSA) is 70.6 Å². The number of nitrogens with zero attached hydrogens (tertiary/aromatic N) is 3. The van der Waals surface area contributed by atoms with Gasteiger partial charge in [0, 0.05) is 19.5 Å². The van der Waals surface area contributed by atoms with E-state index in [0.29, 0.717) is 16.6 Å². The van der Waals surface area contributed by atoms with Crippen molar-refractivity contribution in [3.8, 4) is 0 Å². The van der Waals surface area contributed by atoms with E-state index in [0.717, 1.165) is 41.0 Å². The van der Waals surface area contributed by atoms with Crippen LogP contribution in [0.25, 0.3) is 10.2 Å². The molecule has 0 N–H and O–H groups in total. The zero-order valence-corrected chi connectivity index (χ0v) is 21.5. The maximum absolute atomic E-state index is 13.2. The fourth-order valence-corrected chi connectivity index (χ4v) is 6.11. The van der Waals surface area contributed by atoms with E-state index >= 15 is 0 Å². The van der Waals surface area contributed by atoms with Crippen molar-refractivity contribution in [2.45, 2.75) is 45.4 Å². The van der Waals surface area contributed by atoms with E-state index in [1.807, 2.05) is 32.0 Å². The normalized spacial score (nSPS) is 11.9. The van der Waals surface area contributed by atoms with E-state index in [9.17, 15) is 13.2 Å². The highest BCUT2D eigenvalue weighted by Crippen LogP contribution is 2.31. The number of carbonyl (C=O) groups is 1. The summed E-state index contributed by atoms with van der Waals surface area (Å²) in [6.45, 7) is 11.2. The number of carbonyl (C=O) groups excluding carboxylic acids is 1. The van der Waals surface area contributed by atoms with Crippen molar-refractivity contribution in [1.29, 1.82) is 0 Å². The summed E-state index contributed by atoms with van der Waals surface area (Å²) in [6, 6.07) is 12.9. The zero-order chi connectivity index (χ0) is 24.0. The van der Waals surface area contributed by atoms with Gasteiger partial charge < -0.3 is 4.90 Å². The summed E-state index contributed by atoms with van der Waals surface area (Å²) in [5, 5.41) is 0.679. The molecule has 0 spiro atoms. The van der Waals surface area contributed by atoms with Gasteiger partial charge in [0.05, 0.1) is 20.9 Å². The first-order valence-electron chi connectivity index (χ1n) is 11.4. The minimum Gasteiger partial charge on any atom is -0.302 e. The predicted octanol–water partition coefficient (Wildman–Crippen LogP) is 4.84. The maximum Gasteiger partial charge on any atom is 0.228 e. The molecule has 8 heteroatoms. The van der Waals surface area contributed by atoms with E-state index < -0.39 is 9.84 Å². The Bertz CT molecular complexity index is 1180. The molecule has 0 atom stereocenters. The molecule has 1 heterocycles. The summed E-state index contributed by atoms with van der Waals surface area (Å²) >= 11 is 1.51. The smallest absolute Gasteiger partial charge is 0.228 e. The van der Waals surface area contributed by atoms with Crippen molar-refractivity contribution in [3.63, 3.8) is 0 Å². The number of fused-ring (bicyclic) bond motifs is 1. The van der Waals surface area contributed by atoms with Gasteiger partial charge >= 0.3 is 0 Å². The second-order valence-electron chi connectivity index (χ2n) is 8.23. The van der Waals surface area contributed by atoms with Crippen LogP contribution in [0.3, 0.4) is 0 Å². The number of para-hydroxylation sites is 1. The number of sulfone groups is 1. The lowest BCUT2D eigenvalue weighted by Crippen LogP contribution is -2.38. The van der Waals surface area contributed by atoms with E-state index in [2.05, 4.69) is 18.7 Å². The summed E-state index contributed by atoms with van der Waals surface area (Å²) in [7, 11) is -3.41. The number of thiazole rings is 1. The third-order valence-electron chi connectivity index (χ3n) is 5.86. The average Bonchev–Trinajstić information content (AvgIpc) is 3.22. The van der Waals surface area contributed by atoms with Crippen LogP contribution < -0.4 is 4.90 Å². The molecule has 0 saturated carbocycles. The predicted molar refractivity (Wildman–Crippen MR) is 137 cm³/mol. The number of aryl methyl sites for hydroxylation is 2. The Balaban J connectivity index is 1.74. The van der Waals surface area contributed by atoms with Crippen LogP contribution >= 0.6 is 11.3 Å². The van der Waals surface area contributed by atoms with E-state index in [4.69, 9.17) is 4.98 Å². The molecule has 2 aromatic carbocycles. The SMILES string of the molecule is CCN(CC)CCN(C(=O)CCCS(=O)(=O)c1ccc(C)cc1)c1nc2c(C)cccc2s1. The number of rotatable bonds is 11. The molecule has 33 heavy (non-hydrogen) atoms. The third-order valence-corrected chi connectivity index (χ3v) is 8.72. The van der Waals surface area contributed by atoms with Gasteiger partial charge in [0.1, 0.15) is 0 Å². The molecular weight excluding hydrogens is 454 g/mol. The van der Waals surface area contributed by atoms with Crippen LogP contribution in [-0.2, 0) is 14.6 Å². The Hall–Kier alpha value is -2.29. The molecule has 3 rings (SSSR count). The monoisotopic (exact) mass is 487 g/mol. The largest absolute Gasteiger partial charge is 0.302 e. The van der Waals surface area contributed by atoms with Crippen molar-refractivity contribution in [1.82, 2.24) is 9.88 Å². The van der Waals surface area contributed by atoms with Crippen molar-refractivity contribution in [2.75, 3.05) is 36.8 Å². The van der Waals surface area contributed by atoms with Gasteiger partial charge in [-0.1, -0.05) is 55.0 Å². The summed E-state index contributed by atoms with van der Waals surface area (Å²) in [4.78, 5) is 22.3. The Morgan fingerprint density at radius 3 is 2.33 bits per heavy atom. The molecule has 0 radical (unpaired) electrons. The number of amides is 1. The summed E-state index contributed by atoms with van der Waals surface area (Å²) in [5.41, 5.74) is 3.01. The first-order chi connectivity index (χ1) is 15.7. The fourth-order valence-electron chi connectivity index (χ4n) is 3.71. The minimum absolute atomic E-state index is 0.0510. The number of benzene rings is 2. The fraction of sp³-hybridized carbons (Fsp3) is 0.440. The van der Waals surface area contributed by atoms with E-state index in [-0.39, 0.29) is 24.5 Å². The standard InChI is InChI=1S/C25H33N3O3S2/c1-5-27(6-2)16-17-28(25-26-24-20(4)9-7-10-22(24)32-25)23(29)11-8-18-33(30,31)21-14-12-19(3)13-15-21/h7,9-10,12-15H,5-6,8,11,16-18H2,1-4H3. The Morgan fingerprint density at radius 1 is 1.00 bits per heavy atom. The van der Waals surface area contributed by atoms with Crippen LogP contribution in [0.1, 0.15) is 37.8 Å². The molecule has 6 nitrogen and oxygen atoms in total. The lowest BCUT2D eigenvalue weighted by Gasteiger charge is -2.24. The highest BCUT2D eigenvalue weighted by Gasteiger charge is 2.22. The van der Waals surface area contributed by atoms with Gasteiger partial charge in [-0.05, 0) is 57.1 Å². The van der Waals surface area contributed by atoms with Gasteiger partial charge in [0.25, 0.3) is 0 Å². The van der Waals surface area contributed by atoms with Crippen LogP contribution in [0.2, 0.25) is 0 Å². The van der Waals surface area contributed by atoms with Crippen molar-refractivity contribution < 1.29 is 13.2 Å². The van der Waals surface area contributed by atoms with Crippen LogP contribution in [0.5, 0.6) is 0 Å². The number of anilines is 1. The number of aromatic nitrogens is 1. The van der Waals surface area contributed by atoms with Gasteiger partial charge in [0.15, 0.2) is 15.0 Å². The number of likely N-dealkylation sites (N-methyl/N-ethyl adjacent to an activating group) is 1. The van der Waals surface area contributed by atoms with E-state index in [1.165, 1.54) is 11.3 Å². The Labute approximate surface area is 201 Å². The second kappa shape index (κ2) is 11.2. The van der Waals surface area contributed by atoms with Crippen LogP contribution in [0.15, 0.2) is 47.4 Å². The van der Waals surface area contributed by atoms with Gasteiger partial charge in [-0.15, -0.1) is 0 Å². The molecule has 0 aliphatic heterocycles. The first-order valence-corrected chi connectivity index (χ1v) is 13.9. The summed E-state index contributed by atoms with van der Waals surface area (Å²) in [5.74, 6) is -0.136. The van der Waals surface area contributed by atoms with Crippen molar-refractivity contribution in [3.05, 3.63) is 53.6 Å². The third kappa shape index (κ3) is 6.40. The molecular formula is C25H33N3O3S2. The Kier molecular flexibility index (Phi) is 8.62. The van der Waals surface area contributed by atoms with E-state index in [1.54, 1.807) is 29.2 Å². The highest BCUT2D eigenvalue weighted by atomic mass is 32.2. The molecule has 1 amide bonds. The lowest BCUT2D eigenvalue weighted by atomic mass is 10.2. The highest BCUT2D eigenvalue weighted by molar-refractivity contribution is 7.91. The van der Waals surface area contributed by atoms with Crippen LogP contribution in [-0.4, -0.2) is 56.1 Å². The minimum atomic E-state index is -3.41. The average molecular weight is 488 g/mol. The van der Waals surface area contributed by atoms with Crippen molar-refractivity contribution in [2.24, 2.45) is 0 Å². The molecule has 0 aliphatic carbocycles. The molecule has 0 unspecified atom stereocenters. The van der Waals surface area contributed by atoms with Gasteiger partial charge in [-0.2, -0.15) is 0 Å². The van der Waals surface area contributed by atoms with Gasteiger partial charge in [-0.25, -0.2) is 13.4 Å². The molecule has 0 saturated heterocycles. The molecule has 3 aromatic rings. The first kappa shape index (κ1) is 25.3. The zero-order valence-electron chi connectivity index (χ0n) is 19.9. The maximum atomic E-state index is 13.2. The van der Waals surface area contributed by atoms with Crippen LogP contribution in [0, 0.1) is 13.8 Å². The van der Waals surface area contributed by atoms with Gasteiger partial charge in [0.2, 0.25) is 5.91 Å². The van der Waals surface area contributed by atoms with Crippen molar-refractivity contribution >= 4 is 42.4 Å². The second-order valence-corrected chi connectivity index (χ2v) is 11.3. The number of hydrogen-bond acceptors (Lipinski definition) is 6. The quantitative estimate of drug-likeness (QED) is 0.387. The molecule has 0 fully saturated rings. The van der Waals surface area contributed by atoms with Gasteiger partial charge in [-0.3, -0.25) is 9.69 Å². The molecule has 0 bridgehead atoms. The summed E-state index contributed by atoms with van der Waals surface area (Å²) < 4.78 is 26.4.